The lowest BCUT2D eigenvalue weighted by Gasteiger charge is -2.11. The van der Waals surface area contributed by atoms with Crippen molar-refractivity contribution in [1.29, 1.82) is 0 Å². The maximum atomic E-state index is 14.1. The van der Waals surface area contributed by atoms with Gasteiger partial charge in [-0.1, -0.05) is 6.07 Å². The number of carbonyl (C=O) groups is 1. The Morgan fingerprint density at radius 1 is 1.12 bits per heavy atom. The fourth-order valence-electron chi connectivity index (χ4n) is 4.04. The normalized spacial score (nSPS) is 13.9. The van der Waals surface area contributed by atoms with Gasteiger partial charge < -0.3 is 24.9 Å². The largest absolute Gasteiger partial charge is 0.502 e. The van der Waals surface area contributed by atoms with Gasteiger partial charge in [0.25, 0.3) is 0 Å². The predicted molar refractivity (Wildman–Crippen MR) is 125 cm³/mol. The number of fused-ring (bicyclic) bond motifs is 1. The minimum absolute atomic E-state index is 0.0808. The van der Waals surface area contributed by atoms with Crippen molar-refractivity contribution in [3.05, 3.63) is 82.4 Å². The number of phenols is 1. The smallest absolute Gasteiger partial charge is 0.224 e. The number of nitrogens with one attached hydrogen (secondary N) is 2. The second-order valence-electron chi connectivity index (χ2n) is 7.77. The van der Waals surface area contributed by atoms with Gasteiger partial charge in [0.1, 0.15) is 5.82 Å². The number of phenolic OH excluding ortho intramolecular Hbond substituents is 1. The van der Waals surface area contributed by atoms with Crippen LogP contribution in [0.2, 0.25) is 0 Å². The van der Waals surface area contributed by atoms with Gasteiger partial charge in [0.05, 0.1) is 27.2 Å². The molecule has 1 aliphatic carbocycles. The number of ether oxygens (including phenoxy) is 2. The molecule has 0 saturated heterocycles. The van der Waals surface area contributed by atoms with Crippen LogP contribution in [0.1, 0.15) is 35.7 Å². The second-order valence-corrected chi connectivity index (χ2v) is 7.77. The van der Waals surface area contributed by atoms with Crippen LogP contribution in [-0.2, 0) is 11.3 Å². The molecule has 170 valence electrons. The minimum Gasteiger partial charge on any atom is -0.502 e. The van der Waals surface area contributed by atoms with E-state index in [1.54, 1.807) is 24.4 Å². The Hall–Kier alpha value is -4.00. The first-order chi connectivity index (χ1) is 15.9. The summed E-state index contributed by atoms with van der Waals surface area (Å²) in [5.41, 5.74) is 5.71. The summed E-state index contributed by atoms with van der Waals surface area (Å²) in [4.78, 5) is 15.7. The Morgan fingerprint density at radius 2 is 1.85 bits per heavy atom. The van der Waals surface area contributed by atoms with Crippen LogP contribution < -0.4 is 14.8 Å². The Kier molecular flexibility index (Phi) is 6.22. The number of amides is 1. The third kappa shape index (κ3) is 4.48. The van der Waals surface area contributed by atoms with Gasteiger partial charge >= 0.3 is 0 Å². The summed E-state index contributed by atoms with van der Waals surface area (Å²) in [6.07, 6.45) is 3.84. The highest BCUT2D eigenvalue weighted by Gasteiger charge is 2.26. The van der Waals surface area contributed by atoms with E-state index in [1.807, 2.05) is 25.1 Å². The molecule has 3 aromatic rings. The van der Waals surface area contributed by atoms with Crippen molar-refractivity contribution < 1.29 is 23.8 Å². The zero-order valence-corrected chi connectivity index (χ0v) is 18.7. The Labute approximate surface area is 191 Å². The predicted octanol–water partition coefficient (Wildman–Crippen LogP) is 4.91. The zero-order chi connectivity index (χ0) is 23.5. The standard InChI is InChI=1S/C26H25FN2O4/c1-15-20(9-16-10-23(32-2)26(31)24(11-16)33-3)19-7-6-17(27)12-22(19)21(15)13-25(30)29-14-18-5-4-8-28-18/h4-12,28,31H,13-14H2,1-3H3,(H,29,30). The third-order valence-electron chi connectivity index (χ3n) is 5.74. The van der Waals surface area contributed by atoms with Gasteiger partial charge in [-0.05, 0) is 82.8 Å². The van der Waals surface area contributed by atoms with Gasteiger partial charge in [0.15, 0.2) is 11.5 Å². The fourth-order valence-corrected chi connectivity index (χ4v) is 4.04. The minimum atomic E-state index is -0.361. The number of methoxy groups -OCH3 is 2. The van der Waals surface area contributed by atoms with E-state index in [4.69, 9.17) is 9.47 Å². The van der Waals surface area contributed by atoms with E-state index in [0.717, 1.165) is 33.5 Å². The molecule has 6 nitrogen and oxygen atoms in total. The third-order valence-corrected chi connectivity index (χ3v) is 5.74. The van der Waals surface area contributed by atoms with Crippen LogP contribution in [-0.4, -0.2) is 30.2 Å². The molecule has 0 fully saturated rings. The number of halogens is 1. The molecule has 0 spiro atoms. The Morgan fingerprint density at radius 3 is 2.48 bits per heavy atom. The van der Waals surface area contributed by atoms with Crippen molar-refractivity contribution >= 4 is 23.1 Å². The molecule has 1 heterocycles. The fraction of sp³-hybridized carbons (Fsp3) is 0.192. The highest BCUT2D eigenvalue weighted by molar-refractivity contribution is 6.08. The molecule has 0 radical (unpaired) electrons. The maximum Gasteiger partial charge on any atom is 0.224 e. The molecule has 3 N–H and O–H groups in total. The lowest BCUT2D eigenvalue weighted by molar-refractivity contribution is -0.120. The van der Waals surface area contributed by atoms with Gasteiger partial charge in [0, 0.05) is 11.9 Å². The average Bonchev–Trinajstić information content (AvgIpc) is 3.41. The summed E-state index contributed by atoms with van der Waals surface area (Å²) in [5.74, 6) is -0.0284. The molecule has 4 rings (SSSR count). The van der Waals surface area contributed by atoms with Crippen LogP contribution in [0.25, 0.3) is 17.2 Å². The van der Waals surface area contributed by atoms with E-state index in [2.05, 4.69) is 10.3 Å². The van der Waals surface area contributed by atoms with Gasteiger partial charge in [-0.15, -0.1) is 0 Å². The van der Waals surface area contributed by atoms with Crippen molar-refractivity contribution in [3.8, 4) is 17.2 Å². The van der Waals surface area contributed by atoms with Crippen LogP contribution >= 0.6 is 0 Å². The molecule has 1 aliphatic rings. The van der Waals surface area contributed by atoms with Crippen LogP contribution in [0, 0.1) is 5.82 Å². The summed E-state index contributed by atoms with van der Waals surface area (Å²) in [5, 5.41) is 13.1. The van der Waals surface area contributed by atoms with Crippen molar-refractivity contribution in [2.24, 2.45) is 0 Å². The molecule has 1 amide bonds. The first-order valence-corrected chi connectivity index (χ1v) is 10.5. The average molecular weight is 448 g/mol. The molecule has 0 atom stereocenters. The molecular formula is C26H25FN2O4. The van der Waals surface area contributed by atoms with Crippen molar-refractivity contribution in [2.45, 2.75) is 19.9 Å². The first kappa shape index (κ1) is 22.2. The van der Waals surface area contributed by atoms with Crippen molar-refractivity contribution in [1.82, 2.24) is 10.3 Å². The zero-order valence-electron chi connectivity index (χ0n) is 18.7. The lowest BCUT2D eigenvalue weighted by Crippen LogP contribution is -2.22. The SMILES string of the molecule is COc1cc(C=C2C(C)=C(CC(=O)NCc3ccc[nH]3)c3cc(F)ccc32)cc(OC)c1O. The van der Waals surface area contributed by atoms with E-state index in [0.29, 0.717) is 12.1 Å². The van der Waals surface area contributed by atoms with E-state index in [9.17, 15) is 14.3 Å². The molecule has 0 aliphatic heterocycles. The van der Waals surface area contributed by atoms with E-state index < -0.39 is 0 Å². The van der Waals surface area contributed by atoms with E-state index in [-0.39, 0.29) is 35.4 Å². The number of benzene rings is 2. The summed E-state index contributed by atoms with van der Waals surface area (Å²) in [6.45, 7) is 2.32. The Balaban J connectivity index is 1.70. The summed E-state index contributed by atoms with van der Waals surface area (Å²) in [7, 11) is 2.93. The van der Waals surface area contributed by atoms with Gasteiger partial charge in [-0.2, -0.15) is 0 Å². The van der Waals surface area contributed by atoms with Crippen molar-refractivity contribution in [2.75, 3.05) is 14.2 Å². The second kappa shape index (κ2) is 9.24. The summed E-state index contributed by atoms with van der Waals surface area (Å²) >= 11 is 0. The lowest BCUT2D eigenvalue weighted by atomic mass is 10.00. The number of aromatic amines is 1. The molecule has 0 unspecified atom stereocenters. The number of hydrogen-bond acceptors (Lipinski definition) is 4. The van der Waals surface area contributed by atoms with Crippen LogP contribution in [0.4, 0.5) is 4.39 Å². The molecule has 7 heteroatoms. The summed E-state index contributed by atoms with van der Waals surface area (Å²) in [6, 6.07) is 11.8. The molecule has 1 aromatic heterocycles. The highest BCUT2D eigenvalue weighted by atomic mass is 19.1. The quantitative estimate of drug-likeness (QED) is 0.480. The van der Waals surface area contributed by atoms with Gasteiger partial charge in [0.2, 0.25) is 11.7 Å². The molecule has 0 saturated carbocycles. The topological polar surface area (TPSA) is 83.6 Å². The van der Waals surface area contributed by atoms with Gasteiger partial charge in [-0.3, -0.25) is 4.79 Å². The molecule has 2 aromatic carbocycles. The van der Waals surface area contributed by atoms with Crippen molar-refractivity contribution in [3.63, 3.8) is 0 Å². The highest BCUT2D eigenvalue weighted by Crippen LogP contribution is 2.45. The number of H-pyrrole nitrogens is 1. The number of allylic oxidation sites excluding steroid dienone is 2. The Bertz CT molecular complexity index is 1230. The van der Waals surface area contributed by atoms with Crippen LogP contribution in [0.5, 0.6) is 17.2 Å². The number of rotatable bonds is 7. The number of carbonyl (C=O) groups excluding carboxylic acids is 1. The number of aromatic nitrogens is 1. The maximum absolute atomic E-state index is 14.1. The molecule has 33 heavy (non-hydrogen) atoms. The first-order valence-electron chi connectivity index (χ1n) is 10.5. The van der Waals surface area contributed by atoms with Crippen LogP contribution in [0.15, 0.2) is 54.2 Å². The van der Waals surface area contributed by atoms with E-state index in [1.165, 1.54) is 26.4 Å². The number of aromatic hydroxyl groups is 1. The number of hydrogen-bond donors (Lipinski definition) is 3. The summed E-state index contributed by atoms with van der Waals surface area (Å²) < 4.78 is 24.6. The molecule has 0 bridgehead atoms. The van der Waals surface area contributed by atoms with Crippen LogP contribution in [0.3, 0.4) is 0 Å². The van der Waals surface area contributed by atoms with Gasteiger partial charge in [-0.25, -0.2) is 4.39 Å². The van der Waals surface area contributed by atoms with E-state index >= 15 is 0 Å². The monoisotopic (exact) mass is 448 g/mol. The molecular weight excluding hydrogens is 423 g/mol.